The molecule has 1 aliphatic heterocycles. The van der Waals surface area contributed by atoms with Gasteiger partial charge in [0.05, 0.1) is 6.67 Å². The van der Waals surface area contributed by atoms with Crippen LogP contribution in [0.1, 0.15) is 26.3 Å². The quantitative estimate of drug-likeness (QED) is 0.727. The SMILES string of the molecule is CB1N(C)CN(c2cccc(C(C)(C)C)c2)B(C)N1C. The maximum Gasteiger partial charge on any atom is 0.330 e. The second-order valence-electron chi connectivity index (χ2n) is 7.10. The van der Waals surface area contributed by atoms with E-state index in [2.05, 4.69) is 87.1 Å². The summed E-state index contributed by atoms with van der Waals surface area (Å²) >= 11 is 0. The Morgan fingerprint density at radius 2 is 1.70 bits per heavy atom. The van der Waals surface area contributed by atoms with Crippen LogP contribution in [0.5, 0.6) is 0 Å². The van der Waals surface area contributed by atoms with Crippen molar-refractivity contribution in [1.29, 1.82) is 0 Å². The van der Waals surface area contributed by atoms with Crippen molar-refractivity contribution in [2.75, 3.05) is 25.6 Å². The van der Waals surface area contributed by atoms with E-state index in [1.165, 1.54) is 11.3 Å². The molecule has 2 rings (SSSR count). The Morgan fingerprint density at radius 3 is 2.30 bits per heavy atom. The number of hydrogen-bond donors (Lipinski definition) is 0. The fourth-order valence-electron chi connectivity index (χ4n) is 2.77. The van der Waals surface area contributed by atoms with Gasteiger partial charge in [-0.15, -0.1) is 0 Å². The van der Waals surface area contributed by atoms with Gasteiger partial charge in [0.2, 0.25) is 0 Å². The minimum atomic E-state index is 0.195. The van der Waals surface area contributed by atoms with Crippen LogP contribution in [0, 0.1) is 0 Å². The van der Waals surface area contributed by atoms with Crippen molar-refractivity contribution in [1.82, 2.24) is 9.53 Å². The molecule has 0 aliphatic carbocycles. The third-order valence-corrected chi connectivity index (χ3v) is 4.69. The summed E-state index contributed by atoms with van der Waals surface area (Å²) < 4.78 is 2.41. The second kappa shape index (κ2) is 5.45. The molecule has 0 aromatic heterocycles. The Labute approximate surface area is 125 Å². The van der Waals surface area contributed by atoms with Crippen molar-refractivity contribution in [2.45, 2.75) is 39.8 Å². The van der Waals surface area contributed by atoms with Gasteiger partial charge in [-0.2, -0.15) is 0 Å². The predicted molar refractivity (Wildman–Crippen MR) is 91.3 cm³/mol. The summed E-state index contributed by atoms with van der Waals surface area (Å²) in [4.78, 5) is 4.85. The molecule has 0 unspecified atom stereocenters. The third-order valence-electron chi connectivity index (χ3n) is 4.69. The summed E-state index contributed by atoms with van der Waals surface area (Å²) in [5, 5.41) is 0. The maximum atomic E-state index is 2.47. The van der Waals surface area contributed by atoms with E-state index in [-0.39, 0.29) is 5.41 Å². The van der Waals surface area contributed by atoms with Crippen LogP contribution in [0.15, 0.2) is 24.3 Å². The van der Waals surface area contributed by atoms with Crippen molar-refractivity contribution < 1.29 is 0 Å². The van der Waals surface area contributed by atoms with E-state index in [4.69, 9.17) is 0 Å². The molecule has 1 saturated heterocycles. The molecule has 1 heterocycles. The van der Waals surface area contributed by atoms with E-state index >= 15 is 0 Å². The van der Waals surface area contributed by atoms with Gasteiger partial charge in [0.15, 0.2) is 0 Å². The zero-order valence-corrected chi connectivity index (χ0v) is 14.0. The molecule has 0 amide bonds. The molecule has 0 atom stereocenters. The van der Waals surface area contributed by atoms with Gasteiger partial charge in [-0.05, 0) is 37.2 Å². The first-order chi connectivity index (χ1) is 9.21. The lowest BCUT2D eigenvalue weighted by molar-refractivity contribution is 0.468. The minimum absolute atomic E-state index is 0.195. The zero-order chi connectivity index (χ0) is 15.1. The summed E-state index contributed by atoms with van der Waals surface area (Å²) in [6, 6.07) is 8.98. The first kappa shape index (κ1) is 15.5. The highest BCUT2D eigenvalue weighted by molar-refractivity contribution is 6.73. The van der Waals surface area contributed by atoms with Crippen molar-refractivity contribution in [3.63, 3.8) is 0 Å². The largest absolute Gasteiger partial charge is 0.390 e. The van der Waals surface area contributed by atoms with Gasteiger partial charge < -0.3 is 14.3 Å². The molecule has 1 fully saturated rings. The van der Waals surface area contributed by atoms with E-state index < -0.39 is 0 Å². The number of anilines is 1. The fourth-order valence-corrected chi connectivity index (χ4v) is 2.77. The molecule has 0 saturated carbocycles. The topological polar surface area (TPSA) is 9.72 Å². The molecule has 1 aromatic carbocycles. The number of benzene rings is 1. The fraction of sp³-hybridized carbons (Fsp3) is 0.600. The van der Waals surface area contributed by atoms with E-state index in [0.29, 0.717) is 14.0 Å². The molecule has 1 aromatic rings. The highest BCUT2D eigenvalue weighted by atomic mass is 15.4. The van der Waals surface area contributed by atoms with E-state index in [1.54, 1.807) is 0 Å². The molecule has 1 aliphatic rings. The Balaban J connectivity index is 2.31. The molecular weight excluding hydrogens is 244 g/mol. The predicted octanol–water partition coefficient (Wildman–Crippen LogP) is 2.86. The summed E-state index contributed by atoms with van der Waals surface area (Å²) in [5.41, 5.74) is 2.90. The summed E-state index contributed by atoms with van der Waals surface area (Å²) in [7, 11) is 4.39. The van der Waals surface area contributed by atoms with Crippen LogP contribution in [0.3, 0.4) is 0 Å². The van der Waals surface area contributed by atoms with Gasteiger partial charge in [0.25, 0.3) is 6.98 Å². The van der Waals surface area contributed by atoms with Gasteiger partial charge in [-0.1, -0.05) is 46.6 Å². The first-order valence-electron chi connectivity index (χ1n) is 7.51. The summed E-state index contributed by atoms with van der Waals surface area (Å²) in [6.07, 6.45) is 0. The van der Waals surface area contributed by atoms with Crippen LogP contribution in [0.25, 0.3) is 0 Å². The molecular formula is C15H27B2N3. The maximum absolute atomic E-state index is 2.47. The first-order valence-corrected chi connectivity index (χ1v) is 7.51. The normalized spacial score (nSPS) is 18.9. The Hall–Kier alpha value is -0.930. The van der Waals surface area contributed by atoms with Crippen molar-refractivity contribution in [3.05, 3.63) is 29.8 Å². The zero-order valence-electron chi connectivity index (χ0n) is 14.0. The van der Waals surface area contributed by atoms with Crippen molar-refractivity contribution >= 4 is 19.7 Å². The van der Waals surface area contributed by atoms with Crippen molar-refractivity contribution in [2.24, 2.45) is 0 Å². The lowest BCUT2D eigenvalue weighted by atomic mass is 9.58. The van der Waals surface area contributed by atoms with Crippen LogP contribution >= 0.6 is 0 Å². The lowest BCUT2D eigenvalue weighted by Gasteiger charge is -2.47. The van der Waals surface area contributed by atoms with Gasteiger partial charge in [0, 0.05) is 5.69 Å². The van der Waals surface area contributed by atoms with Crippen LogP contribution in [0.4, 0.5) is 5.69 Å². The Kier molecular flexibility index (Phi) is 4.22. The second-order valence-corrected chi connectivity index (χ2v) is 7.10. The third kappa shape index (κ3) is 2.89. The lowest BCUT2D eigenvalue weighted by Crippen LogP contribution is -2.67. The van der Waals surface area contributed by atoms with Crippen LogP contribution in [-0.2, 0) is 5.41 Å². The molecule has 20 heavy (non-hydrogen) atoms. The molecule has 0 bridgehead atoms. The van der Waals surface area contributed by atoms with E-state index in [9.17, 15) is 0 Å². The van der Waals surface area contributed by atoms with E-state index in [1.807, 2.05) is 0 Å². The standard InChI is InChI=1S/C15H27B2N3/c1-15(2,3)13-9-8-10-14(11-13)20-12-18(6)16(4)19(7)17(20)5/h8-11H,12H2,1-7H3. The van der Waals surface area contributed by atoms with Crippen LogP contribution < -0.4 is 4.81 Å². The van der Waals surface area contributed by atoms with Crippen molar-refractivity contribution in [3.8, 4) is 0 Å². The Morgan fingerprint density at radius 1 is 1.05 bits per heavy atom. The molecule has 0 spiro atoms. The highest BCUT2D eigenvalue weighted by Crippen LogP contribution is 2.28. The smallest absolute Gasteiger partial charge is 0.330 e. The number of hydrogen-bond acceptors (Lipinski definition) is 3. The Bertz CT molecular complexity index is 472. The summed E-state index contributed by atoms with van der Waals surface area (Å²) in [6.45, 7) is 13.2. The average molecular weight is 271 g/mol. The minimum Gasteiger partial charge on any atom is -0.390 e. The van der Waals surface area contributed by atoms with Gasteiger partial charge in [-0.3, -0.25) is 0 Å². The molecule has 5 heteroatoms. The molecule has 0 radical (unpaired) electrons. The van der Waals surface area contributed by atoms with Gasteiger partial charge in [-0.25, -0.2) is 0 Å². The van der Waals surface area contributed by atoms with Crippen LogP contribution in [-0.4, -0.2) is 44.3 Å². The van der Waals surface area contributed by atoms with E-state index in [0.717, 1.165) is 6.67 Å². The van der Waals surface area contributed by atoms with Crippen LogP contribution in [0.2, 0.25) is 13.6 Å². The van der Waals surface area contributed by atoms with Gasteiger partial charge >= 0.3 is 6.98 Å². The monoisotopic (exact) mass is 271 g/mol. The highest BCUT2D eigenvalue weighted by Gasteiger charge is 2.37. The molecule has 0 N–H and O–H groups in total. The molecule has 3 nitrogen and oxygen atoms in total. The number of nitrogens with zero attached hydrogens (tertiary/aromatic N) is 3. The number of rotatable bonds is 1. The molecule has 108 valence electrons. The van der Waals surface area contributed by atoms with Gasteiger partial charge in [0.1, 0.15) is 0 Å². The summed E-state index contributed by atoms with van der Waals surface area (Å²) in [5.74, 6) is 0. The average Bonchev–Trinajstić information content (AvgIpc) is 2.40.